The fourth-order valence-corrected chi connectivity index (χ4v) is 1.59. The maximum atomic E-state index is 9.35. The minimum absolute atomic E-state index is 0.0422. The molecule has 2 N–H and O–H groups in total. The van der Waals surface area contributed by atoms with Crippen molar-refractivity contribution in [3.05, 3.63) is 48.3 Å². The van der Waals surface area contributed by atoms with Gasteiger partial charge in [-0.3, -0.25) is 4.68 Å². The van der Waals surface area contributed by atoms with E-state index in [0.717, 1.165) is 11.3 Å². The van der Waals surface area contributed by atoms with Gasteiger partial charge in [0.05, 0.1) is 18.8 Å². The zero-order chi connectivity index (χ0) is 11.4. The van der Waals surface area contributed by atoms with Gasteiger partial charge in [-0.15, -0.1) is 0 Å². The van der Waals surface area contributed by atoms with E-state index in [1.54, 1.807) is 10.9 Å². The fourth-order valence-electron chi connectivity index (χ4n) is 1.59. The molecule has 84 valence electrons. The highest BCUT2D eigenvalue weighted by molar-refractivity contribution is 5.44. The van der Waals surface area contributed by atoms with Gasteiger partial charge in [0, 0.05) is 24.5 Å². The van der Waals surface area contributed by atoms with Crippen LogP contribution < -0.4 is 5.32 Å². The quantitative estimate of drug-likeness (QED) is 0.817. The Bertz CT molecular complexity index is 439. The number of hydrogen-bond donors (Lipinski definition) is 2. The van der Waals surface area contributed by atoms with Crippen molar-refractivity contribution in [2.45, 2.75) is 6.04 Å². The molecule has 1 unspecified atom stereocenters. The first-order valence-electron chi connectivity index (χ1n) is 5.20. The van der Waals surface area contributed by atoms with E-state index in [-0.39, 0.29) is 12.6 Å². The van der Waals surface area contributed by atoms with Crippen LogP contribution in [0.5, 0.6) is 0 Å². The normalized spacial score (nSPS) is 12.4. The minimum atomic E-state index is -0.115. The van der Waals surface area contributed by atoms with Crippen molar-refractivity contribution in [3.63, 3.8) is 0 Å². The fraction of sp³-hybridized carbons (Fsp3) is 0.250. The summed E-state index contributed by atoms with van der Waals surface area (Å²) in [6.07, 6.45) is 3.66. The molecule has 0 aliphatic heterocycles. The van der Waals surface area contributed by atoms with E-state index in [4.69, 9.17) is 0 Å². The molecule has 0 amide bonds. The smallest absolute Gasteiger partial charge is 0.0775 e. The van der Waals surface area contributed by atoms with Gasteiger partial charge < -0.3 is 10.4 Å². The number of para-hydroxylation sites is 1. The van der Waals surface area contributed by atoms with Crippen molar-refractivity contribution in [1.82, 2.24) is 9.78 Å². The van der Waals surface area contributed by atoms with Crippen LogP contribution in [0.3, 0.4) is 0 Å². The highest BCUT2D eigenvalue weighted by atomic mass is 16.3. The summed E-state index contributed by atoms with van der Waals surface area (Å²) in [7, 11) is 1.86. The predicted octanol–water partition coefficient (Wildman–Crippen LogP) is 1.57. The highest BCUT2D eigenvalue weighted by Gasteiger charge is 2.11. The summed E-state index contributed by atoms with van der Waals surface area (Å²) in [5, 5.41) is 16.7. The molecule has 0 radical (unpaired) electrons. The molecule has 1 heterocycles. The Balaban J connectivity index is 2.12. The molecule has 0 fully saturated rings. The lowest BCUT2D eigenvalue weighted by Gasteiger charge is -2.15. The van der Waals surface area contributed by atoms with Crippen molar-refractivity contribution < 1.29 is 5.11 Å². The average molecular weight is 217 g/mol. The number of aliphatic hydroxyl groups is 1. The van der Waals surface area contributed by atoms with Crippen molar-refractivity contribution >= 4 is 5.69 Å². The maximum absolute atomic E-state index is 9.35. The van der Waals surface area contributed by atoms with Crippen molar-refractivity contribution in [3.8, 4) is 0 Å². The predicted molar refractivity (Wildman–Crippen MR) is 63.1 cm³/mol. The molecular weight excluding hydrogens is 202 g/mol. The number of nitrogens with zero attached hydrogens (tertiary/aromatic N) is 2. The number of benzene rings is 1. The number of aryl methyl sites for hydroxylation is 1. The Kier molecular flexibility index (Phi) is 3.22. The van der Waals surface area contributed by atoms with E-state index in [1.165, 1.54) is 0 Å². The summed E-state index contributed by atoms with van der Waals surface area (Å²) in [5.41, 5.74) is 1.97. The molecule has 1 atom stereocenters. The monoisotopic (exact) mass is 217 g/mol. The first-order valence-corrected chi connectivity index (χ1v) is 5.20. The summed E-state index contributed by atoms with van der Waals surface area (Å²) >= 11 is 0. The second-order valence-corrected chi connectivity index (χ2v) is 3.69. The number of aliphatic hydroxyl groups excluding tert-OH is 1. The second-order valence-electron chi connectivity index (χ2n) is 3.69. The number of nitrogens with one attached hydrogen (secondary N) is 1. The summed E-state index contributed by atoms with van der Waals surface area (Å²) < 4.78 is 1.73. The van der Waals surface area contributed by atoms with Gasteiger partial charge in [0.1, 0.15) is 0 Å². The van der Waals surface area contributed by atoms with E-state index < -0.39 is 0 Å². The lowest BCUT2D eigenvalue weighted by molar-refractivity contribution is 0.276. The third-order valence-corrected chi connectivity index (χ3v) is 2.42. The van der Waals surface area contributed by atoms with Gasteiger partial charge in [0.25, 0.3) is 0 Å². The van der Waals surface area contributed by atoms with Gasteiger partial charge in [-0.1, -0.05) is 18.2 Å². The van der Waals surface area contributed by atoms with Crippen LogP contribution in [0.4, 0.5) is 5.69 Å². The van der Waals surface area contributed by atoms with Crippen molar-refractivity contribution in [2.24, 2.45) is 7.05 Å². The van der Waals surface area contributed by atoms with Crippen LogP contribution in [0, 0.1) is 0 Å². The zero-order valence-electron chi connectivity index (χ0n) is 9.17. The molecule has 0 spiro atoms. The Hall–Kier alpha value is -1.81. The SMILES string of the molecule is Cn1cc(C(CO)Nc2ccccc2)cn1. The Labute approximate surface area is 94.5 Å². The number of anilines is 1. The molecule has 0 saturated heterocycles. The van der Waals surface area contributed by atoms with Crippen LogP contribution in [0.2, 0.25) is 0 Å². The number of aromatic nitrogens is 2. The number of hydrogen-bond acceptors (Lipinski definition) is 3. The van der Waals surface area contributed by atoms with Gasteiger partial charge in [0.15, 0.2) is 0 Å². The molecule has 0 aliphatic rings. The van der Waals surface area contributed by atoms with Crippen LogP contribution in [0.25, 0.3) is 0 Å². The van der Waals surface area contributed by atoms with E-state index in [1.807, 2.05) is 43.6 Å². The van der Waals surface area contributed by atoms with Crippen molar-refractivity contribution in [2.75, 3.05) is 11.9 Å². The van der Waals surface area contributed by atoms with Crippen LogP contribution in [-0.2, 0) is 7.05 Å². The third-order valence-electron chi connectivity index (χ3n) is 2.42. The molecule has 16 heavy (non-hydrogen) atoms. The lowest BCUT2D eigenvalue weighted by Crippen LogP contribution is -2.14. The summed E-state index contributed by atoms with van der Waals surface area (Å²) in [5.74, 6) is 0. The summed E-state index contributed by atoms with van der Waals surface area (Å²) in [4.78, 5) is 0. The molecule has 4 heteroatoms. The molecule has 1 aromatic heterocycles. The molecule has 1 aromatic carbocycles. The third kappa shape index (κ3) is 2.41. The van der Waals surface area contributed by atoms with Gasteiger partial charge in [-0.25, -0.2) is 0 Å². The van der Waals surface area contributed by atoms with E-state index in [0.29, 0.717) is 0 Å². The Morgan fingerprint density at radius 3 is 2.69 bits per heavy atom. The lowest BCUT2D eigenvalue weighted by atomic mass is 10.1. The summed E-state index contributed by atoms with van der Waals surface area (Å²) in [6.45, 7) is 0.0422. The standard InChI is InChI=1S/C12H15N3O/c1-15-8-10(7-13-15)12(9-16)14-11-5-3-2-4-6-11/h2-8,12,14,16H,9H2,1H3. The van der Waals surface area contributed by atoms with E-state index in [2.05, 4.69) is 10.4 Å². The Morgan fingerprint density at radius 2 is 2.12 bits per heavy atom. The first-order chi connectivity index (χ1) is 7.79. The van der Waals surface area contributed by atoms with Crippen LogP contribution >= 0.6 is 0 Å². The van der Waals surface area contributed by atoms with E-state index in [9.17, 15) is 5.11 Å². The number of rotatable bonds is 4. The van der Waals surface area contributed by atoms with Crippen LogP contribution in [0.15, 0.2) is 42.7 Å². The molecule has 2 rings (SSSR count). The molecule has 0 saturated carbocycles. The van der Waals surface area contributed by atoms with Crippen LogP contribution in [-0.4, -0.2) is 21.5 Å². The molecule has 4 nitrogen and oxygen atoms in total. The van der Waals surface area contributed by atoms with Gasteiger partial charge in [-0.2, -0.15) is 5.10 Å². The molecule has 0 bridgehead atoms. The Morgan fingerprint density at radius 1 is 1.38 bits per heavy atom. The maximum Gasteiger partial charge on any atom is 0.0775 e. The second kappa shape index (κ2) is 4.81. The topological polar surface area (TPSA) is 50.1 Å². The van der Waals surface area contributed by atoms with Gasteiger partial charge in [-0.05, 0) is 12.1 Å². The van der Waals surface area contributed by atoms with E-state index >= 15 is 0 Å². The molecule has 2 aromatic rings. The van der Waals surface area contributed by atoms with Crippen LogP contribution in [0.1, 0.15) is 11.6 Å². The molecule has 0 aliphatic carbocycles. The largest absolute Gasteiger partial charge is 0.394 e. The van der Waals surface area contributed by atoms with Crippen molar-refractivity contribution in [1.29, 1.82) is 0 Å². The highest BCUT2D eigenvalue weighted by Crippen LogP contribution is 2.18. The minimum Gasteiger partial charge on any atom is -0.394 e. The average Bonchev–Trinajstić information content (AvgIpc) is 2.74. The van der Waals surface area contributed by atoms with Gasteiger partial charge >= 0.3 is 0 Å². The zero-order valence-corrected chi connectivity index (χ0v) is 9.17. The molecular formula is C12H15N3O. The van der Waals surface area contributed by atoms with Gasteiger partial charge in [0.2, 0.25) is 0 Å². The first kappa shape index (κ1) is 10.7. The summed E-state index contributed by atoms with van der Waals surface area (Å²) in [6, 6.07) is 9.71.